The largest absolute Gasteiger partial charge is 0.481 e. The molecular weight excluding hydrogens is 306 g/mol. The number of aliphatic carboxylic acids is 1. The maximum atomic E-state index is 12.6. The van der Waals surface area contributed by atoms with E-state index in [0.717, 1.165) is 17.0 Å². The number of hydrogen-bond donors (Lipinski definition) is 1. The Hall–Kier alpha value is -2.63. The molecule has 1 aromatic heterocycles. The molecule has 0 radical (unpaired) electrons. The fraction of sp³-hybridized carbons (Fsp3) is 0.389. The number of aryl methyl sites for hydroxylation is 2. The normalized spacial score (nSPS) is 20.3. The first kappa shape index (κ1) is 16.2. The molecule has 1 aliphatic rings. The minimum absolute atomic E-state index is 0.0918. The van der Waals surface area contributed by atoms with Crippen molar-refractivity contribution in [3.63, 3.8) is 0 Å². The number of nitrogens with zero attached hydrogens (tertiary/aromatic N) is 3. The highest BCUT2D eigenvalue weighted by atomic mass is 16.4. The van der Waals surface area contributed by atoms with E-state index in [-0.39, 0.29) is 24.9 Å². The molecule has 1 fully saturated rings. The maximum Gasteiger partial charge on any atom is 0.308 e. The van der Waals surface area contributed by atoms with Crippen LogP contribution in [0.3, 0.4) is 0 Å². The zero-order valence-corrected chi connectivity index (χ0v) is 13.8. The van der Waals surface area contributed by atoms with Crippen LogP contribution in [0.4, 0.5) is 0 Å². The molecule has 0 saturated carbocycles. The van der Waals surface area contributed by atoms with E-state index in [1.807, 2.05) is 50.2 Å². The molecule has 2 aromatic rings. The highest BCUT2D eigenvalue weighted by Crippen LogP contribution is 2.33. The zero-order valence-electron chi connectivity index (χ0n) is 13.8. The highest BCUT2D eigenvalue weighted by molar-refractivity contribution is 5.79. The molecule has 1 saturated heterocycles. The minimum atomic E-state index is -0.856. The average Bonchev–Trinajstić information content (AvgIpc) is 3.12. The second-order valence-corrected chi connectivity index (χ2v) is 6.35. The van der Waals surface area contributed by atoms with E-state index < -0.39 is 11.9 Å². The van der Waals surface area contributed by atoms with Crippen molar-refractivity contribution in [2.75, 3.05) is 13.1 Å². The second-order valence-electron chi connectivity index (χ2n) is 6.35. The molecule has 0 unspecified atom stereocenters. The molecule has 1 aromatic carbocycles. The monoisotopic (exact) mass is 327 g/mol. The quantitative estimate of drug-likeness (QED) is 0.929. The van der Waals surface area contributed by atoms with Crippen LogP contribution < -0.4 is 0 Å². The summed E-state index contributed by atoms with van der Waals surface area (Å²) in [7, 11) is 0. The Bertz CT molecular complexity index is 754. The predicted octanol–water partition coefficient (Wildman–Crippen LogP) is 1.83. The molecule has 6 nitrogen and oxygen atoms in total. The number of hydrogen-bond acceptors (Lipinski definition) is 3. The summed E-state index contributed by atoms with van der Waals surface area (Å²) in [4.78, 5) is 25.9. The lowest BCUT2D eigenvalue weighted by atomic mass is 9.89. The molecular formula is C18H21N3O3. The number of carboxylic acids is 1. The van der Waals surface area contributed by atoms with Crippen molar-refractivity contribution in [1.82, 2.24) is 14.7 Å². The van der Waals surface area contributed by atoms with Gasteiger partial charge in [0.25, 0.3) is 0 Å². The summed E-state index contributed by atoms with van der Waals surface area (Å²) in [5.41, 5.74) is 2.76. The summed E-state index contributed by atoms with van der Waals surface area (Å²) < 4.78 is 1.67. The number of benzene rings is 1. The molecule has 1 amide bonds. The predicted molar refractivity (Wildman–Crippen MR) is 88.6 cm³/mol. The van der Waals surface area contributed by atoms with E-state index in [9.17, 15) is 14.7 Å². The van der Waals surface area contributed by atoms with E-state index in [4.69, 9.17) is 0 Å². The Morgan fingerprint density at radius 1 is 1.21 bits per heavy atom. The summed E-state index contributed by atoms with van der Waals surface area (Å²) in [6.45, 7) is 4.61. The van der Waals surface area contributed by atoms with Crippen LogP contribution >= 0.6 is 0 Å². The molecule has 2 heterocycles. The molecule has 0 spiro atoms. The molecule has 0 aliphatic carbocycles. The Balaban J connectivity index is 1.76. The van der Waals surface area contributed by atoms with Gasteiger partial charge in [-0.25, -0.2) is 0 Å². The van der Waals surface area contributed by atoms with Crippen LogP contribution in [-0.2, 0) is 16.1 Å². The van der Waals surface area contributed by atoms with Crippen LogP contribution in [0.1, 0.15) is 22.9 Å². The summed E-state index contributed by atoms with van der Waals surface area (Å²) in [5, 5.41) is 13.8. The van der Waals surface area contributed by atoms with Gasteiger partial charge >= 0.3 is 5.97 Å². The van der Waals surface area contributed by atoms with E-state index in [2.05, 4.69) is 5.10 Å². The molecule has 3 rings (SSSR count). The van der Waals surface area contributed by atoms with E-state index in [1.54, 1.807) is 9.58 Å². The average molecular weight is 327 g/mol. The van der Waals surface area contributed by atoms with Gasteiger partial charge in [0.1, 0.15) is 6.54 Å². The van der Waals surface area contributed by atoms with E-state index in [0.29, 0.717) is 6.54 Å². The molecule has 2 atom stereocenters. The van der Waals surface area contributed by atoms with Crippen LogP contribution in [0.15, 0.2) is 36.4 Å². The summed E-state index contributed by atoms with van der Waals surface area (Å²) >= 11 is 0. The van der Waals surface area contributed by atoms with Crippen molar-refractivity contribution in [2.45, 2.75) is 26.3 Å². The van der Waals surface area contributed by atoms with Crippen molar-refractivity contribution >= 4 is 11.9 Å². The third-order valence-corrected chi connectivity index (χ3v) is 4.61. The van der Waals surface area contributed by atoms with Gasteiger partial charge in [-0.2, -0.15) is 5.10 Å². The van der Waals surface area contributed by atoms with E-state index >= 15 is 0 Å². The van der Waals surface area contributed by atoms with Gasteiger partial charge < -0.3 is 10.0 Å². The first-order valence-corrected chi connectivity index (χ1v) is 8.02. The first-order valence-electron chi connectivity index (χ1n) is 8.02. The Kier molecular flexibility index (Phi) is 4.38. The Labute approximate surface area is 140 Å². The van der Waals surface area contributed by atoms with Crippen molar-refractivity contribution in [3.05, 3.63) is 53.3 Å². The third kappa shape index (κ3) is 3.18. The van der Waals surface area contributed by atoms with Gasteiger partial charge in [0.05, 0.1) is 11.6 Å². The van der Waals surface area contributed by atoms with Crippen LogP contribution in [-0.4, -0.2) is 44.8 Å². The topological polar surface area (TPSA) is 75.4 Å². The van der Waals surface area contributed by atoms with Gasteiger partial charge in [-0.1, -0.05) is 30.3 Å². The molecule has 24 heavy (non-hydrogen) atoms. The second kappa shape index (κ2) is 6.47. The number of amides is 1. The summed E-state index contributed by atoms with van der Waals surface area (Å²) in [5.74, 6) is -1.69. The fourth-order valence-electron chi connectivity index (χ4n) is 3.36. The van der Waals surface area contributed by atoms with Crippen molar-refractivity contribution in [3.8, 4) is 0 Å². The number of carbonyl (C=O) groups excluding carboxylic acids is 1. The fourth-order valence-corrected chi connectivity index (χ4v) is 3.36. The Morgan fingerprint density at radius 3 is 2.50 bits per heavy atom. The van der Waals surface area contributed by atoms with Gasteiger partial charge in [0.15, 0.2) is 0 Å². The van der Waals surface area contributed by atoms with E-state index in [1.165, 1.54) is 0 Å². The van der Waals surface area contributed by atoms with Gasteiger partial charge in [-0.05, 0) is 25.5 Å². The smallest absolute Gasteiger partial charge is 0.308 e. The summed E-state index contributed by atoms with van der Waals surface area (Å²) in [6, 6.07) is 11.5. The molecule has 0 bridgehead atoms. The molecule has 126 valence electrons. The molecule has 1 aliphatic heterocycles. The van der Waals surface area contributed by atoms with Gasteiger partial charge in [0, 0.05) is 24.7 Å². The maximum absolute atomic E-state index is 12.6. The van der Waals surface area contributed by atoms with Crippen molar-refractivity contribution < 1.29 is 14.7 Å². The van der Waals surface area contributed by atoms with Gasteiger partial charge in [-0.15, -0.1) is 0 Å². The molecule has 1 N–H and O–H groups in total. The standard InChI is InChI=1S/C18H21N3O3/c1-12-8-13(2)21(19-12)11-17(22)20-9-15(16(10-20)18(23)24)14-6-4-3-5-7-14/h3-8,15-16H,9-11H2,1-2H3,(H,23,24)/t15-,16-/m0/s1. The summed E-state index contributed by atoms with van der Waals surface area (Å²) in [6.07, 6.45) is 0. The lowest BCUT2D eigenvalue weighted by molar-refractivity contribution is -0.141. The lowest BCUT2D eigenvalue weighted by Gasteiger charge is -2.17. The zero-order chi connectivity index (χ0) is 17.3. The molecule has 6 heteroatoms. The Morgan fingerprint density at radius 2 is 1.92 bits per heavy atom. The number of aromatic nitrogens is 2. The minimum Gasteiger partial charge on any atom is -0.481 e. The van der Waals surface area contributed by atoms with Gasteiger partial charge in [0.2, 0.25) is 5.91 Å². The van der Waals surface area contributed by atoms with Crippen LogP contribution in [0.5, 0.6) is 0 Å². The lowest BCUT2D eigenvalue weighted by Crippen LogP contribution is -2.33. The van der Waals surface area contributed by atoms with Crippen molar-refractivity contribution in [2.24, 2.45) is 5.92 Å². The third-order valence-electron chi connectivity index (χ3n) is 4.61. The van der Waals surface area contributed by atoms with Gasteiger partial charge in [-0.3, -0.25) is 14.3 Å². The number of carbonyl (C=O) groups is 2. The van der Waals surface area contributed by atoms with Crippen LogP contribution in [0.2, 0.25) is 0 Å². The van der Waals surface area contributed by atoms with Crippen molar-refractivity contribution in [1.29, 1.82) is 0 Å². The SMILES string of the molecule is Cc1cc(C)n(CC(=O)N2C[C@H](C(=O)O)[C@H](c3ccccc3)C2)n1. The number of likely N-dealkylation sites (tertiary alicyclic amines) is 1. The van der Waals surface area contributed by atoms with Crippen LogP contribution in [0.25, 0.3) is 0 Å². The first-order chi connectivity index (χ1) is 11.5. The van der Waals surface area contributed by atoms with Crippen LogP contribution in [0, 0.1) is 19.8 Å². The highest BCUT2D eigenvalue weighted by Gasteiger charge is 2.40. The number of rotatable bonds is 4. The number of carboxylic acid groups (broad SMARTS) is 1.